The summed E-state index contributed by atoms with van der Waals surface area (Å²) in [7, 11) is 0. The van der Waals surface area contributed by atoms with Crippen molar-refractivity contribution in [3.05, 3.63) is 17.8 Å². The van der Waals surface area contributed by atoms with Gasteiger partial charge in [0.05, 0.1) is 18.8 Å². The summed E-state index contributed by atoms with van der Waals surface area (Å²) >= 11 is 0. The van der Waals surface area contributed by atoms with Gasteiger partial charge in [-0.3, -0.25) is 4.79 Å². The van der Waals surface area contributed by atoms with Crippen LogP contribution in [0.2, 0.25) is 0 Å². The van der Waals surface area contributed by atoms with E-state index in [4.69, 9.17) is 10.2 Å². The molecule has 0 saturated carbocycles. The summed E-state index contributed by atoms with van der Waals surface area (Å²) in [5.74, 6) is 1.03. The Hall–Kier alpha value is -1.36. The smallest absolute Gasteiger partial charge is 0.237 e. The Balaban J connectivity index is 2.47. The van der Waals surface area contributed by atoms with E-state index in [1.165, 1.54) is 0 Å². The maximum Gasteiger partial charge on any atom is 0.237 e. The van der Waals surface area contributed by atoms with E-state index >= 15 is 0 Å². The van der Waals surface area contributed by atoms with Crippen molar-refractivity contribution in [3.63, 3.8) is 0 Å². The number of carbonyl (C=O) groups excluding carboxylic acids is 1. The summed E-state index contributed by atoms with van der Waals surface area (Å²) in [5.41, 5.74) is 5.55. The second-order valence-electron chi connectivity index (χ2n) is 4.93. The number of aromatic nitrogens is 1. The molecule has 0 aliphatic rings. The van der Waals surface area contributed by atoms with Gasteiger partial charge < -0.3 is 15.5 Å². The number of nitrogens with two attached hydrogens (primary N) is 1. The van der Waals surface area contributed by atoms with Crippen molar-refractivity contribution < 1.29 is 9.21 Å². The van der Waals surface area contributed by atoms with Gasteiger partial charge in [-0.2, -0.15) is 0 Å². The van der Waals surface area contributed by atoms with Crippen LogP contribution in [0.4, 0.5) is 0 Å². The Morgan fingerprint density at radius 1 is 1.62 bits per heavy atom. The molecule has 0 saturated heterocycles. The molecule has 0 bridgehead atoms. The van der Waals surface area contributed by atoms with Crippen LogP contribution in [0.15, 0.2) is 10.6 Å². The number of oxazole rings is 1. The number of hydrogen-bond acceptors (Lipinski definition) is 4. The minimum Gasteiger partial charge on any atom is -0.444 e. The molecule has 1 rings (SSSR count). The summed E-state index contributed by atoms with van der Waals surface area (Å²) in [4.78, 5) is 15.7. The monoisotopic (exact) mass is 225 g/mol. The van der Waals surface area contributed by atoms with Crippen LogP contribution in [-0.4, -0.2) is 16.9 Å². The third-order valence-electron chi connectivity index (χ3n) is 2.30. The first-order valence-corrected chi connectivity index (χ1v) is 5.25. The van der Waals surface area contributed by atoms with Crippen LogP contribution < -0.4 is 11.1 Å². The highest BCUT2D eigenvalue weighted by Gasteiger charge is 2.27. The number of carbonyl (C=O) groups is 1. The van der Waals surface area contributed by atoms with Crippen LogP contribution in [-0.2, 0) is 11.3 Å². The molecule has 1 aromatic rings. The summed E-state index contributed by atoms with van der Waals surface area (Å²) in [6.45, 7) is 7.85. The molecule has 3 N–H and O–H groups in total. The molecule has 90 valence electrons. The Morgan fingerprint density at radius 2 is 2.25 bits per heavy atom. The predicted octanol–water partition coefficient (Wildman–Crippen LogP) is 0.973. The molecule has 5 nitrogen and oxygen atoms in total. The summed E-state index contributed by atoms with van der Waals surface area (Å²) in [6, 6.07) is -0.538. The largest absolute Gasteiger partial charge is 0.444 e. The van der Waals surface area contributed by atoms with Gasteiger partial charge in [-0.05, 0) is 12.3 Å². The lowest BCUT2D eigenvalue weighted by atomic mass is 9.87. The first kappa shape index (κ1) is 12.7. The van der Waals surface area contributed by atoms with E-state index in [0.717, 1.165) is 5.76 Å². The zero-order chi connectivity index (χ0) is 12.3. The summed E-state index contributed by atoms with van der Waals surface area (Å²) in [6.07, 6.45) is 1.62. The molecule has 1 amide bonds. The molecule has 0 fully saturated rings. The van der Waals surface area contributed by atoms with Gasteiger partial charge in [-0.1, -0.05) is 20.8 Å². The van der Waals surface area contributed by atoms with Crippen LogP contribution in [0.5, 0.6) is 0 Å². The fourth-order valence-corrected chi connectivity index (χ4v) is 1.15. The SMILES string of the molecule is Cc1cnc(CNC(=O)C(N)C(C)(C)C)o1. The van der Waals surface area contributed by atoms with Crippen molar-refractivity contribution in [1.82, 2.24) is 10.3 Å². The average Bonchev–Trinajstić information content (AvgIpc) is 2.58. The van der Waals surface area contributed by atoms with Gasteiger partial charge in [0, 0.05) is 0 Å². The molecule has 1 heterocycles. The molecular formula is C11H19N3O2. The summed E-state index contributed by atoms with van der Waals surface area (Å²) in [5, 5.41) is 2.70. The van der Waals surface area contributed by atoms with Crippen LogP contribution in [0.25, 0.3) is 0 Å². The maximum absolute atomic E-state index is 11.7. The zero-order valence-corrected chi connectivity index (χ0v) is 10.2. The Kier molecular flexibility index (Phi) is 3.70. The Labute approximate surface area is 95.4 Å². The van der Waals surface area contributed by atoms with E-state index in [1.54, 1.807) is 13.1 Å². The van der Waals surface area contributed by atoms with E-state index in [-0.39, 0.29) is 17.9 Å². The van der Waals surface area contributed by atoms with E-state index in [9.17, 15) is 4.79 Å². The number of hydrogen-bond donors (Lipinski definition) is 2. The van der Waals surface area contributed by atoms with Crippen molar-refractivity contribution in [2.24, 2.45) is 11.1 Å². The number of aryl methyl sites for hydroxylation is 1. The van der Waals surface area contributed by atoms with Crippen molar-refractivity contribution in [1.29, 1.82) is 0 Å². The van der Waals surface area contributed by atoms with Gasteiger partial charge in [0.1, 0.15) is 5.76 Å². The molecule has 5 heteroatoms. The van der Waals surface area contributed by atoms with Crippen molar-refractivity contribution in [3.8, 4) is 0 Å². The van der Waals surface area contributed by atoms with E-state index in [0.29, 0.717) is 5.89 Å². The molecule has 0 radical (unpaired) electrons. The topological polar surface area (TPSA) is 81.2 Å². The van der Waals surface area contributed by atoms with Gasteiger partial charge >= 0.3 is 0 Å². The van der Waals surface area contributed by atoms with Crippen molar-refractivity contribution in [2.75, 3.05) is 0 Å². The fraction of sp³-hybridized carbons (Fsp3) is 0.636. The van der Waals surface area contributed by atoms with Crippen molar-refractivity contribution >= 4 is 5.91 Å². The number of rotatable bonds is 3. The lowest BCUT2D eigenvalue weighted by Gasteiger charge is -2.25. The van der Waals surface area contributed by atoms with Gasteiger partial charge in [0.15, 0.2) is 0 Å². The number of nitrogens with zero attached hydrogens (tertiary/aromatic N) is 1. The quantitative estimate of drug-likeness (QED) is 0.803. The van der Waals surface area contributed by atoms with Gasteiger partial charge in [0.25, 0.3) is 0 Å². The third-order valence-corrected chi connectivity index (χ3v) is 2.30. The standard InChI is InChI=1S/C11H19N3O2/c1-7-5-13-8(16-7)6-14-10(15)9(12)11(2,3)4/h5,9H,6,12H2,1-4H3,(H,14,15). The second kappa shape index (κ2) is 4.65. The minimum atomic E-state index is -0.538. The second-order valence-corrected chi connectivity index (χ2v) is 4.93. The van der Waals surface area contributed by atoms with Gasteiger partial charge in [0.2, 0.25) is 11.8 Å². The molecule has 16 heavy (non-hydrogen) atoms. The first-order valence-electron chi connectivity index (χ1n) is 5.25. The summed E-state index contributed by atoms with van der Waals surface area (Å²) < 4.78 is 5.23. The molecule has 1 unspecified atom stereocenters. The maximum atomic E-state index is 11.7. The highest BCUT2D eigenvalue weighted by molar-refractivity contribution is 5.82. The van der Waals surface area contributed by atoms with E-state index in [1.807, 2.05) is 20.8 Å². The lowest BCUT2D eigenvalue weighted by molar-refractivity contribution is -0.124. The molecule has 0 aliphatic carbocycles. The van der Waals surface area contributed by atoms with Crippen LogP contribution >= 0.6 is 0 Å². The van der Waals surface area contributed by atoms with E-state index in [2.05, 4.69) is 10.3 Å². The normalized spacial score (nSPS) is 13.6. The zero-order valence-electron chi connectivity index (χ0n) is 10.2. The van der Waals surface area contributed by atoms with Crippen LogP contribution in [0.1, 0.15) is 32.4 Å². The van der Waals surface area contributed by atoms with E-state index < -0.39 is 6.04 Å². The number of nitrogens with one attached hydrogen (secondary N) is 1. The average molecular weight is 225 g/mol. The molecule has 1 aromatic heterocycles. The molecule has 1 atom stereocenters. The highest BCUT2D eigenvalue weighted by atomic mass is 16.4. The van der Waals surface area contributed by atoms with Crippen molar-refractivity contribution in [2.45, 2.75) is 40.3 Å². The van der Waals surface area contributed by atoms with Gasteiger partial charge in [-0.25, -0.2) is 4.98 Å². The van der Waals surface area contributed by atoms with Crippen LogP contribution in [0, 0.1) is 12.3 Å². The number of amides is 1. The molecular weight excluding hydrogens is 206 g/mol. The Morgan fingerprint density at radius 3 is 2.69 bits per heavy atom. The Bertz CT molecular complexity index is 366. The third kappa shape index (κ3) is 3.34. The molecule has 0 spiro atoms. The lowest BCUT2D eigenvalue weighted by Crippen LogP contribution is -2.48. The first-order chi connectivity index (χ1) is 7.30. The molecule has 0 aliphatic heterocycles. The molecule has 0 aromatic carbocycles. The fourth-order valence-electron chi connectivity index (χ4n) is 1.15. The highest BCUT2D eigenvalue weighted by Crippen LogP contribution is 2.17. The predicted molar refractivity (Wildman–Crippen MR) is 60.5 cm³/mol. The van der Waals surface area contributed by atoms with Gasteiger partial charge in [-0.15, -0.1) is 0 Å². The minimum absolute atomic E-state index is 0.191. The van der Waals surface area contributed by atoms with Crippen LogP contribution in [0.3, 0.4) is 0 Å².